The number of esters is 1. The van der Waals surface area contributed by atoms with Crippen LogP contribution in [0.1, 0.15) is 13.3 Å². The number of hydrogen-bond donors (Lipinski definition) is 0. The van der Waals surface area contributed by atoms with Gasteiger partial charge in [0.15, 0.2) is 0 Å². The van der Waals surface area contributed by atoms with Gasteiger partial charge in [0.2, 0.25) is 0 Å². The normalized spacial score (nSPS) is 10.9. The van der Waals surface area contributed by atoms with Gasteiger partial charge in [-0.1, -0.05) is 54.6 Å². The molecule has 0 aliphatic rings. The molecule has 152 valence electrons. The van der Waals surface area contributed by atoms with E-state index in [0.29, 0.717) is 19.6 Å². The fraction of sp³-hybridized carbons (Fsp3) is 0.208. The number of thiophene rings is 1. The van der Waals surface area contributed by atoms with Crippen molar-refractivity contribution in [3.63, 3.8) is 0 Å². The van der Waals surface area contributed by atoms with Crippen molar-refractivity contribution in [1.29, 1.82) is 0 Å². The van der Waals surface area contributed by atoms with E-state index in [4.69, 9.17) is 4.74 Å². The molecule has 0 amide bonds. The number of ether oxygens (including phenoxy) is 1. The summed E-state index contributed by atoms with van der Waals surface area (Å²) in [7, 11) is 1.95. The van der Waals surface area contributed by atoms with Crippen LogP contribution in [0.3, 0.4) is 0 Å². The van der Waals surface area contributed by atoms with Gasteiger partial charge in [-0.25, -0.2) is 9.97 Å². The maximum absolute atomic E-state index is 11.8. The van der Waals surface area contributed by atoms with Crippen LogP contribution in [-0.2, 0) is 9.53 Å². The number of anilines is 1. The fourth-order valence-corrected chi connectivity index (χ4v) is 4.34. The minimum absolute atomic E-state index is 0.198. The van der Waals surface area contributed by atoms with Crippen molar-refractivity contribution < 1.29 is 9.53 Å². The Balaban J connectivity index is 1.65. The van der Waals surface area contributed by atoms with Gasteiger partial charge in [-0.3, -0.25) is 4.79 Å². The minimum Gasteiger partial charge on any atom is -0.466 e. The van der Waals surface area contributed by atoms with Gasteiger partial charge in [0.05, 0.1) is 18.4 Å². The van der Waals surface area contributed by atoms with Crippen LogP contribution in [0.25, 0.3) is 32.5 Å². The van der Waals surface area contributed by atoms with E-state index in [0.717, 1.165) is 27.2 Å². The lowest BCUT2D eigenvalue weighted by atomic mass is 10.0. The molecule has 0 saturated carbocycles. The maximum Gasteiger partial charge on any atom is 0.307 e. The zero-order chi connectivity index (χ0) is 20.9. The number of fused-ring (bicyclic) bond motifs is 1. The molecule has 0 aliphatic carbocycles. The molecular formula is C24H23N3O2S. The van der Waals surface area contributed by atoms with Gasteiger partial charge in [0, 0.05) is 24.5 Å². The Morgan fingerprint density at radius 1 is 1.00 bits per heavy atom. The molecule has 0 saturated heterocycles. The molecular weight excluding hydrogens is 394 g/mol. The highest BCUT2D eigenvalue weighted by molar-refractivity contribution is 7.17. The van der Waals surface area contributed by atoms with Crippen LogP contribution >= 0.6 is 11.3 Å². The SMILES string of the molecule is CCOC(=O)CCN(C)c1ncnc2scc(-c3ccc(-c4ccccc4)cc3)c12. The molecule has 0 aliphatic heterocycles. The lowest BCUT2D eigenvalue weighted by Gasteiger charge is -2.19. The van der Waals surface area contributed by atoms with Crippen LogP contribution < -0.4 is 4.90 Å². The number of rotatable bonds is 7. The van der Waals surface area contributed by atoms with Gasteiger partial charge in [-0.05, 0) is 23.6 Å². The van der Waals surface area contributed by atoms with Gasteiger partial charge in [-0.15, -0.1) is 11.3 Å². The molecule has 6 heteroatoms. The van der Waals surface area contributed by atoms with Crippen LogP contribution in [0.4, 0.5) is 5.82 Å². The summed E-state index contributed by atoms with van der Waals surface area (Å²) in [5, 5.41) is 3.14. The fourth-order valence-electron chi connectivity index (χ4n) is 3.43. The van der Waals surface area contributed by atoms with Crippen molar-refractivity contribution in [2.45, 2.75) is 13.3 Å². The maximum atomic E-state index is 11.8. The number of nitrogens with zero attached hydrogens (tertiary/aromatic N) is 3. The first-order chi connectivity index (χ1) is 14.7. The van der Waals surface area contributed by atoms with Gasteiger partial charge in [0.1, 0.15) is 17.0 Å². The Labute approximate surface area is 180 Å². The highest BCUT2D eigenvalue weighted by Gasteiger charge is 2.17. The molecule has 2 aromatic carbocycles. The van der Waals surface area contributed by atoms with Gasteiger partial charge < -0.3 is 9.64 Å². The van der Waals surface area contributed by atoms with Gasteiger partial charge in [0.25, 0.3) is 0 Å². The number of benzene rings is 2. The number of carbonyl (C=O) groups is 1. The molecule has 0 unspecified atom stereocenters. The van der Waals surface area contributed by atoms with E-state index in [1.165, 1.54) is 11.1 Å². The molecule has 5 nitrogen and oxygen atoms in total. The summed E-state index contributed by atoms with van der Waals surface area (Å²) < 4.78 is 5.05. The Hall–Kier alpha value is -3.25. The lowest BCUT2D eigenvalue weighted by molar-refractivity contribution is -0.142. The van der Waals surface area contributed by atoms with E-state index >= 15 is 0 Å². The Kier molecular flexibility index (Phi) is 6.05. The van der Waals surface area contributed by atoms with E-state index in [-0.39, 0.29) is 5.97 Å². The summed E-state index contributed by atoms with van der Waals surface area (Å²) >= 11 is 1.60. The predicted octanol–water partition coefficient (Wildman–Crippen LogP) is 5.41. The molecule has 0 radical (unpaired) electrons. The first kappa shape index (κ1) is 20.0. The smallest absolute Gasteiger partial charge is 0.307 e. The van der Waals surface area contributed by atoms with Gasteiger partial charge >= 0.3 is 5.97 Å². The number of carbonyl (C=O) groups excluding carboxylic acids is 1. The van der Waals surface area contributed by atoms with Crippen molar-refractivity contribution in [3.05, 3.63) is 66.3 Å². The second-order valence-electron chi connectivity index (χ2n) is 6.95. The molecule has 0 fully saturated rings. The van der Waals surface area contributed by atoms with E-state index in [1.807, 2.05) is 37.1 Å². The first-order valence-electron chi connectivity index (χ1n) is 9.92. The quantitative estimate of drug-likeness (QED) is 0.376. The summed E-state index contributed by atoms with van der Waals surface area (Å²) in [6.45, 7) is 2.75. The van der Waals surface area contributed by atoms with Crippen LogP contribution in [0.15, 0.2) is 66.3 Å². The van der Waals surface area contributed by atoms with E-state index in [9.17, 15) is 4.79 Å². The Morgan fingerprint density at radius 2 is 1.70 bits per heavy atom. The van der Waals surface area contributed by atoms with Crippen molar-refractivity contribution in [2.24, 2.45) is 0 Å². The van der Waals surface area contributed by atoms with Crippen LogP contribution in [0, 0.1) is 0 Å². The van der Waals surface area contributed by atoms with Gasteiger partial charge in [-0.2, -0.15) is 0 Å². The van der Waals surface area contributed by atoms with Crippen molar-refractivity contribution in [3.8, 4) is 22.3 Å². The highest BCUT2D eigenvalue weighted by atomic mass is 32.1. The van der Waals surface area contributed by atoms with Crippen molar-refractivity contribution in [1.82, 2.24) is 9.97 Å². The topological polar surface area (TPSA) is 55.3 Å². The number of aromatic nitrogens is 2. The van der Waals surface area contributed by atoms with E-state index in [1.54, 1.807) is 17.7 Å². The summed E-state index contributed by atoms with van der Waals surface area (Å²) in [6, 6.07) is 18.9. The molecule has 4 aromatic rings. The molecule has 30 heavy (non-hydrogen) atoms. The average Bonchev–Trinajstić information content (AvgIpc) is 3.23. The minimum atomic E-state index is -0.198. The second-order valence-corrected chi connectivity index (χ2v) is 7.80. The third kappa shape index (κ3) is 4.19. The molecule has 2 heterocycles. The van der Waals surface area contributed by atoms with Crippen LogP contribution in [0.5, 0.6) is 0 Å². The standard InChI is InChI=1S/C24H23N3O2S/c1-3-29-21(28)13-14-27(2)23-22-20(15-30-24(22)26-16-25-23)19-11-9-18(10-12-19)17-7-5-4-6-8-17/h4-12,15-16H,3,13-14H2,1-2H3. The summed E-state index contributed by atoms with van der Waals surface area (Å²) in [4.78, 5) is 23.7. The van der Waals surface area contributed by atoms with E-state index in [2.05, 4.69) is 51.7 Å². The van der Waals surface area contributed by atoms with Crippen LogP contribution in [-0.4, -0.2) is 36.1 Å². The monoisotopic (exact) mass is 417 g/mol. The molecule has 0 bridgehead atoms. The largest absolute Gasteiger partial charge is 0.466 e. The van der Waals surface area contributed by atoms with Crippen LogP contribution in [0.2, 0.25) is 0 Å². The second kappa shape index (κ2) is 9.05. The third-order valence-electron chi connectivity index (χ3n) is 4.97. The molecule has 0 atom stereocenters. The summed E-state index contributed by atoms with van der Waals surface area (Å²) in [5.74, 6) is 0.629. The lowest BCUT2D eigenvalue weighted by Crippen LogP contribution is -2.23. The molecule has 4 rings (SSSR count). The van der Waals surface area contributed by atoms with Crippen molar-refractivity contribution in [2.75, 3.05) is 25.1 Å². The number of hydrogen-bond acceptors (Lipinski definition) is 6. The van der Waals surface area contributed by atoms with Crippen molar-refractivity contribution >= 4 is 33.3 Å². The molecule has 0 N–H and O–H groups in total. The first-order valence-corrected chi connectivity index (χ1v) is 10.8. The molecule has 2 aromatic heterocycles. The predicted molar refractivity (Wildman–Crippen MR) is 123 cm³/mol. The van der Waals surface area contributed by atoms with E-state index < -0.39 is 0 Å². The zero-order valence-corrected chi connectivity index (χ0v) is 17.9. The zero-order valence-electron chi connectivity index (χ0n) is 17.0. The Bertz CT molecular complexity index is 1140. The summed E-state index contributed by atoms with van der Waals surface area (Å²) in [6.07, 6.45) is 1.90. The highest BCUT2D eigenvalue weighted by Crippen LogP contribution is 2.38. The average molecular weight is 418 g/mol. The summed E-state index contributed by atoms with van der Waals surface area (Å²) in [5.41, 5.74) is 4.60. The molecule has 0 spiro atoms. The Morgan fingerprint density at radius 3 is 2.43 bits per heavy atom. The third-order valence-corrected chi connectivity index (χ3v) is 5.86.